The van der Waals surface area contributed by atoms with E-state index in [9.17, 15) is 0 Å². The number of aliphatic imine (C=N–C) groups is 2. The second-order valence-corrected chi connectivity index (χ2v) is 13.6. The summed E-state index contributed by atoms with van der Waals surface area (Å²) in [6, 6.07) is 13.5. The lowest BCUT2D eigenvalue weighted by Crippen LogP contribution is -2.02. The van der Waals surface area contributed by atoms with Crippen LogP contribution in [0.3, 0.4) is 0 Å². The lowest BCUT2D eigenvalue weighted by molar-refractivity contribution is 0.547. The van der Waals surface area contributed by atoms with Crippen LogP contribution in [0.2, 0.25) is 0 Å². The summed E-state index contributed by atoms with van der Waals surface area (Å²) < 4.78 is 6.42. The van der Waals surface area contributed by atoms with E-state index in [2.05, 4.69) is 121 Å². The molecule has 0 aliphatic carbocycles. The van der Waals surface area contributed by atoms with Crippen molar-refractivity contribution in [3.05, 3.63) is 81.3 Å². The van der Waals surface area contributed by atoms with Gasteiger partial charge < -0.3 is 4.42 Å². The second-order valence-electron chi connectivity index (χ2n) is 13.6. The van der Waals surface area contributed by atoms with Crippen LogP contribution in [-0.2, 0) is 0 Å². The first-order valence-corrected chi connectivity index (χ1v) is 15.7. The number of hydrogen-bond donors (Lipinski definition) is 0. The number of rotatable bonds is 10. The van der Waals surface area contributed by atoms with Gasteiger partial charge in [-0.15, -0.1) is 0 Å². The predicted octanol–water partition coefficient (Wildman–Crippen LogP) is 12.3. The van der Waals surface area contributed by atoms with Crippen molar-refractivity contribution >= 4 is 22.8 Å². The summed E-state index contributed by atoms with van der Waals surface area (Å²) in [6.45, 7) is 31.2. The second kappa shape index (κ2) is 13.4. The summed E-state index contributed by atoms with van der Waals surface area (Å²) in [7, 11) is 0. The Morgan fingerprint density at radius 3 is 0.951 bits per heavy atom. The molecule has 0 unspecified atom stereocenters. The normalized spacial score (nSPS) is 13.3. The molecule has 0 aliphatic heterocycles. The van der Waals surface area contributed by atoms with Gasteiger partial charge in [-0.2, -0.15) is 0 Å². The fourth-order valence-corrected chi connectivity index (χ4v) is 5.27. The molecule has 0 atom stereocenters. The fraction of sp³-hybridized carbons (Fsp3) is 0.526. The maximum absolute atomic E-state index is 6.42. The molecule has 3 nitrogen and oxygen atoms in total. The highest BCUT2D eigenvalue weighted by Crippen LogP contribution is 2.40. The van der Waals surface area contributed by atoms with E-state index in [1.807, 2.05) is 12.1 Å². The Morgan fingerprint density at radius 2 is 0.732 bits per heavy atom. The number of hydrogen-bond acceptors (Lipinski definition) is 3. The molecule has 0 radical (unpaired) electrons. The average Bonchev–Trinajstić information content (AvgIpc) is 3.38. The van der Waals surface area contributed by atoms with Gasteiger partial charge in [0.25, 0.3) is 0 Å². The van der Waals surface area contributed by atoms with Gasteiger partial charge in [-0.05, 0) is 94.9 Å². The molecule has 0 fully saturated rings. The van der Waals surface area contributed by atoms with E-state index in [1.54, 1.807) is 0 Å². The molecular formula is C38H54N2O. The first kappa shape index (κ1) is 32.6. The van der Waals surface area contributed by atoms with E-state index in [0.29, 0.717) is 35.5 Å². The fourth-order valence-electron chi connectivity index (χ4n) is 5.27. The van der Waals surface area contributed by atoms with Crippen LogP contribution in [0.1, 0.15) is 177 Å². The van der Waals surface area contributed by atoms with Crippen LogP contribution >= 0.6 is 0 Å². The van der Waals surface area contributed by atoms with Gasteiger partial charge in [-0.3, -0.25) is 0 Å². The standard InChI is InChI=1S/C38H54N2O/c1-21(2)29-17-31(23(5)6)37(32(18-29)24(7)8)39-27(13)35-15-16-36(41-35)28(14)40-38-33(25(9)10)19-30(22(3)4)20-34(38)26(11)12/h15-26H,1-14H3. The van der Waals surface area contributed by atoms with Gasteiger partial charge in [-0.25, -0.2) is 9.98 Å². The van der Waals surface area contributed by atoms with Crippen molar-refractivity contribution in [2.24, 2.45) is 9.98 Å². The Labute approximate surface area is 250 Å². The maximum atomic E-state index is 6.42. The van der Waals surface area contributed by atoms with Crippen molar-refractivity contribution in [2.75, 3.05) is 0 Å². The van der Waals surface area contributed by atoms with Crippen LogP contribution in [0, 0.1) is 0 Å². The van der Waals surface area contributed by atoms with Gasteiger partial charge in [0.2, 0.25) is 0 Å². The lowest BCUT2D eigenvalue weighted by Gasteiger charge is -2.21. The molecule has 3 aromatic rings. The summed E-state index contributed by atoms with van der Waals surface area (Å²) in [6.07, 6.45) is 0. The largest absolute Gasteiger partial charge is 0.454 e. The van der Waals surface area contributed by atoms with Crippen LogP contribution < -0.4 is 0 Å². The zero-order chi connectivity index (χ0) is 30.8. The number of benzene rings is 2. The van der Waals surface area contributed by atoms with Gasteiger partial charge in [0, 0.05) is 0 Å². The molecule has 3 heteroatoms. The highest BCUT2D eigenvalue weighted by Gasteiger charge is 2.20. The molecule has 0 bridgehead atoms. The summed E-state index contributed by atoms with van der Waals surface area (Å²) in [5.74, 6) is 4.06. The minimum Gasteiger partial charge on any atom is -0.454 e. The van der Waals surface area contributed by atoms with E-state index >= 15 is 0 Å². The number of nitrogens with zero attached hydrogens (tertiary/aromatic N) is 2. The quantitative estimate of drug-likeness (QED) is 0.230. The molecule has 0 spiro atoms. The zero-order valence-electron chi connectivity index (χ0n) is 28.2. The van der Waals surface area contributed by atoms with Crippen molar-refractivity contribution in [3.8, 4) is 0 Å². The van der Waals surface area contributed by atoms with Crippen LogP contribution in [0.5, 0.6) is 0 Å². The van der Waals surface area contributed by atoms with E-state index in [0.717, 1.165) is 34.3 Å². The monoisotopic (exact) mass is 554 g/mol. The molecule has 3 rings (SSSR count). The number of furan rings is 1. The minimum absolute atomic E-state index is 0.381. The third-order valence-corrected chi connectivity index (χ3v) is 8.08. The third kappa shape index (κ3) is 7.48. The molecule has 41 heavy (non-hydrogen) atoms. The molecule has 0 aliphatic rings. The summed E-state index contributed by atoms with van der Waals surface area (Å²) in [5, 5.41) is 0. The van der Waals surface area contributed by atoms with Gasteiger partial charge in [0.1, 0.15) is 11.5 Å². The van der Waals surface area contributed by atoms with E-state index in [4.69, 9.17) is 14.4 Å². The Bertz CT molecular complexity index is 1250. The average molecular weight is 555 g/mol. The molecule has 1 heterocycles. The van der Waals surface area contributed by atoms with Crippen molar-refractivity contribution in [1.29, 1.82) is 0 Å². The summed E-state index contributed by atoms with van der Waals surface area (Å²) >= 11 is 0. The minimum atomic E-state index is 0.381. The predicted molar refractivity (Wildman–Crippen MR) is 180 cm³/mol. The van der Waals surface area contributed by atoms with Crippen LogP contribution in [-0.4, -0.2) is 11.4 Å². The summed E-state index contributed by atoms with van der Waals surface area (Å²) in [5.41, 5.74) is 11.9. The van der Waals surface area contributed by atoms with Gasteiger partial charge >= 0.3 is 0 Å². The van der Waals surface area contributed by atoms with Gasteiger partial charge in [0.15, 0.2) is 0 Å². The van der Waals surface area contributed by atoms with E-state index in [1.165, 1.54) is 33.4 Å². The van der Waals surface area contributed by atoms with Crippen LogP contribution in [0.4, 0.5) is 11.4 Å². The lowest BCUT2D eigenvalue weighted by atomic mass is 9.87. The Morgan fingerprint density at radius 1 is 0.463 bits per heavy atom. The SMILES string of the molecule is CC(=Nc1c(C(C)C)cc(C(C)C)cc1C(C)C)c1ccc(C(C)=Nc2c(C(C)C)cc(C(C)C)cc2C(C)C)o1. The maximum Gasteiger partial charge on any atom is 0.148 e. The Hall–Kier alpha value is -2.94. The smallest absolute Gasteiger partial charge is 0.148 e. The van der Waals surface area contributed by atoms with Crippen molar-refractivity contribution in [2.45, 2.75) is 132 Å². The highest BCUT2D eigenvalue weighted by molar-refractivity contribution is 6.02. The first-order valence-electron chi connectivity index (χ1n) is 15.7. The topological polar surface area (TPSA) is 37.9 Å². The molecule has 222 valence electrons. The van der Waals surface area contributed by atoms with E-state index < -0.39 is 0 Å². The Balaban J connectivity index is 2.10. The van der Waals surface area contributed by atoms with Crippen molar-refractivity contribution < 1.29 is 4.42 Å². The van der Waals surface area contributed by atoms with Crippen LogP contribution in [0.25, 0.3) is 0 Å². The molecule has 0 saturated carbocycles. The molecule has 0 saturated heterocycles. The first-order chi connectivity index (χ1) is 19.1. The van der Waals surface area contributed by atoms with Crippen molar-refractivity contribution in [1.82, 2.24) is 0 Å². The molecule has 0 N–H and O–H groups in total. The van der Waals surface area contributed by atoms with Crippen molar-refractivity contribution in [3.63, 3.8) is 0 Å². The van der Waals surface area contributed by atoms with Gasteiger partial charge in [0.05, 0.1) is 22.8 Å². The van der Waals surface area contributed by atoms with Crippen LogP contribution in [0.15, 0.2) is 50.8 Å². The zero-order valence-corrected chi connectivity index (χ0v) is 28.2. The summed E-state index contributed by atoms with van der Waals surface area (Å²) in [4.78, 5) is 10.4. The molecule has 0 amide bonds. The van der Waals surface area contributed by atoms with E-state index in [-0.39, 0.29) is 0 Å². The molecule has 1 aromatic heterocycles. The molecule has 2 aromatic carbocycles. The third-order valence-electron chi connectivity index (χ3n) is 8.08. The molecular weight excluding hydrogens is 500 g/mol. The van der Waals surface area contributed by atoms with Gasteiger partial charge in [-0.1, -0.05) is 107 Å². The Kier molecular flexibility index (Phi) is 10.6. The highest BCUT2D eigenvalue weighted by atomic mass is 16.3.